The van der Waals surface area contributed by atoms with Crippen LogP contribution in [0.4, 0.5) is 0 Å². The molecular weight excluding hydrogens is 322 g/mol. The maximum absolute atomic E-state index is 13.1. The minimum atomic E-state index is -0.986. The van der Waals surface area contributed by atoms with E-state index < -0.39 is 5.54 Å². The van der Waals surface area contributed by atoms with Crippen LogP contribution in [0.15, 0.2) is 30.0 Å². The van der Waals surface area contributed by atoms with Crippen molar-refractivity contribution in [1.82, 2.24) is 5.06 Å². The molecule has 1 amide bonds. The largest absolute Gasteiger partial charge is 0.509 e. The van der Waals surface area contributed by atoms with Gasteiger partial charge < -0.3 is 9.84 Å². The maximum Gasteiger partial charge on any atom is 0.282 e. The summed E-state index contributed by atoms with van der Waals surface area (Å²) in [5.41, 5.74) is 0.846. The molecule has 1 fully saturated rings. The standard InChI is InChI=1S/C19H23NO5/c1-3-24-12-25-20-18(23)16(15-7-5-4-6-13(15)2)17(22)19(20)10-8-14(21)9-11-19/h4-7,22H,3,8-12H2,1-2H3. The lowest BCUT2D eigenvalue weighted by molar-refractivity contribution is -0.251. The van der Waals surface area contributed by atoms with Crippen LogP contribution in [0, 0.1) is 6.92 Å². The number of benzene rings is 1. The molecule has 1 spiro atoms. The third-order valence-electron chi connectivity index (χ3n) is 4.98. The van der Waals surface area contributed by atoms with Crippen LogP contribution in [0.3, 0.4) is 0 Å². The number of aliphatic hydroxyl groups excluding tert-OH is 1. The average Bonchev–Trinajstić information content (AvgIpc) is 2.80. The SMILES string of the molecule is CCOCON1C(=O)C(c2ccccc2C)=C(O)C12CCC(=O)CC2. The fraction of sp³-hybridized carbons (Fsp3) is 0.474. The van der Waals surface area contributed by atoms with E-state index in [1.54, 1.807) is 0 Å². The van der Waals surface area contributed by atoms with Gasteiger partial charge in [-0.25, -0.2) is 9.90 Å². The third kappa shape index (κ3) is 2.96. The van der Waals surface area contributed by atoms with Crippen molar-refractivity contribution in [3.05, 3.63) is 41.2 Å². The predicted molar refractivity (Wildman–Crippen MR) is 91.4 cm³/mol. The minimum Gasteiger partial charge on any atom is -0.509 e. The van der Waals surface area contributed by atoms with Crippen LogP contribution in [0.25, 0.3) is 5.57 Å². The van der Waals surface area contributed by atoms with Gasteiger partial charge in [-0.15, -0.1) is 0 Å². The number of hydrogen-bond acceptors (Lipinski definition) is 5. The molecule has 6 nitrogen and oxygen atoms in total. The molecule has 134 valence electrons. The zero-order valence-electron chi connectivity index (χ0n) is 14.6. The van der Waals surface area contributed by atoms with E-state index >= 15 is 0 Å². The zero-order chi connectivity index (χ0) is 18.0. The minimum absolute atomic E-state index is 0.00389. The van der Waals surface area contributed by atoms with Crippen molar-refractivity contribution < 1.29 is 24.3 Å². The maximum atomic E-state index is 13.1. The highest BCUT2D eigenvalue weighted by molar-refractivity contribution is 6.23. The first kappa shape index (κ1) is 17.6. The van der Waals surface area contributed by atoms with Gasteiger partial charge in [0.25, 0.3) is 5.91 Å². The number of ether oxygens (including phenoxy) is 1. The Kier molecular flexibility index (Phi) is 4.92. The lowest BCUT2D eigenvalue weighted by atomic mass is 9.79. The van der Waals surface area contributed by atoms with Crippen LogP contribution in [0.1, 0.15) is 43.7 Å². The fourth-order valence-electron chi connectivity index (χ4n) is 3.56. The number of hydroxylamine groups is 2. The first-order valence-electron chi connectivity index (χ1n) is 8.58. The first-order chi connectivity index (χ1) is 12.0. The smallest absolute Gasteiger partial charge is 0.282 e. The van der Waals surface area contributed by atoms with E-state index in [0.29, 0.717) is 37.9 Å². The van der Waals surface area contributed by atoms with Crippen molar-refractivity contribution in [2.45, 2.75) is 45.1 Å². The molecule has 0 unspecified atom stereocenters. The van der Waals surface area contributed by atoms with Crippen molar-refractivity contribution in [2.24, 2.45) is 0 Å². The molecule has 1 aliphatic carbocycles. The Labute approximate surface area is 147 Å². The number of carbonyl (C=O) groups excluding carboxylic acids is 2. The Bertz CT molecular complexity index is 714. The van der Waals surface area contributed by atoms with Gasteiger partial charge in [-0.05, 0) is 37.8 Å². The quantitative estimate of drug-likeness (QED) is 0.656. The van der Waals surface area contributed by atoms with Crippen molar-refractivity contribution >= 4 is 17.3 Å². The van der Waals surface area contributed by atoms with Gasteiger partial charge in [0.15, 0.2) is 6.79 Å². The van der Waals surface area contributed by atoms with Crippen molar-refractivity contribution in [3.63, 3.8) is 0 Å². The number of rotatable bonds is 5. The number of carbonyl (C=O) groups is 2. The Hall–Kier alpha value is -2.18. The van der Waals surface area contributed by atoms with Gasteiger partial charge in [-0.3, -0.25) is 9.59 Å². The molecule has 1 aliphatic heterocycles. The van der Waals surface area contributed by atoms with Crippen LogP contribution in [-0.2, 0) is 19.2 Å². The van der Waals surface area contributed by atoms with Gasteiger partial charge in [-0.2, -0.15) is 0 Å². The summed E-state index contributed by atoms with van der Waals surface area (Å²) >= 11 is 0. The van der Waals surface area contributed by atoms with E-state index in [0.717, 1.165) is 5.56 Å². The molecule has 0 bridgehead atoms. The summed E-state index contributed by atoms with van der Waals surface area (Å²) in [4.78, 5) is 30.4. The second-order valence-electron chi connectivity index (χ2n) is 6.45. The van der Waals surface area contributed by atoms with Gasteiger partial charge in [0.05, 0.1) is 5.57 Å². The summed E-state index contributed by atoms with van der Waals surface area (Å²) in [7, 11) is 0. The summed E-state index contributed by atoms with van der Waals surface area (Å²) in [5, 5.41) is 12.2. The van der Waals surface area contributed by atoms with Gasteiger partial charge in [0.2, 0.25) is 0 Å². The van der Waals surface area contributed by atoms with E-state index in [1.165, 1.54) is 5.06 Å². The first-order valence-corrected chi connectivity index (χ1v) is 8.58. The molecule has 25 heavy (non-hydrogen) atoms. The molecule has 0 saturated heterocycles. The highest BCUT2D eigenvalue weighted by Gasteiger charge is 2.55. The molecule has 3 rings (SSSR count). The third-order valence-corrected chi connectivity index (χ3v) is 4.98. The number of aliphatic hydroxyl groups is 1. The normalized spacial score (nSPS) is 20.0. The van der Waals surface area contributed by atoms with Crippen LogP contribution >= 0.6 is 0 Å². The number of hydrogen-bond donors (Lipinski definition) is 1. The van der Waals surface area contributed by atoms with Gasteiger partial charge in [0.1, 0.15) is 17.1 Å². The summed E-state index contributed by atoms with van der Waals surface area (Å²) in [6.45, 7) is 4.10. The highest BCUT2D eigenvalue weighted by atomic mass is 16.8. The summed E-state index contributed by atoms with van der Waals surface area (Å²) < 4.78 is 5.22. The number of amides is 1. The van der Waals surface area contributed by atoms with Crippen LogP contribution in [0.5, 0.6) is 0 Å². The van der Waals surface area contributed by atoms with Crippen molar-refractivity contribution in [1.29, 1.82) is 0 Å². The Morgan fingerprint density at radius 2 is 1.88 bits per heavy atom. The molecule has 2 aliphatic rings. The number of nitrogens with zero attached hydrogens (tertiary/aromatic N) is 1. The van der Waals surface area contributed by atoms with Gasteiger partial charge >= 0.3 is 0 Å². The molecule has 1 saturated carbocycles. The topological polar surface area (TPSA) is 76.1 Å². The lowest BCUT2D eigenvalue weighted by Crippen LogP contribution is -2.50. The highest BCUT2D eigenvalue weighted by Crippen LogP contribution is 2.47. The molecular formula is C19H23NO5. The van der Waals surface area contributed by atoms with Crippen LogP contribution < -0.4 is 0 Å². The molecule has 1 aromatic carbocycles. The summed E-state index contributed by atoms with van der Waals surface area (Å²) in [5.74, 6) is -0.253. The van der Waals surface area contributed by atoms with E-state index in [-0.39, 0.29) is 29.8 Å². The summed E-state index contributed by atoms with van der Waals surface area (Å²) in [6, 6.07) is 7.42. The van der Waals surface area contributed by atoms with Crippen molar-refractivity contribution in [3.8, 4) is 0 Å². The van der Waals surface area contributed by atoms with E-state index in [2.05, 4.69) is 0 Å². The van der Waals surface area contributed by atoms with Crippen LogP contribution in [0.2, 0.25) is 0 Å². The van der Waals surface area contributed by atoms with Crippen LogP contribution in [-0.4, -0.2) is 40.8 Å². The number of aryl methyl sites for hydroxylation is 1. The second kappa shape index (κ2) is 6.98. The fourth-order valence-corrected chi connectivity index (χ4v) is 3.56. The lowest BCUT2D eigenvalue weighted by Gasteiger charge is -2.39. The monoisotopic (exact) mass is 345 g/mol. The Balaban J connectivity index is 2.03. The Morgan fingerprint density at radius 3 is 2.52 bits per heavy atom. The van der Waals surface area contributed by atoms with E-state index in [1.807, 2.05) is 38.1 Å². The Morgan fingerprint density at radius 1 is 1.20 bits per heavy atom. The van der Waals surface area contributed by atoms with E-state index in [4.69, 9.17) is 9.57 Å². The van der Waals surface area contributed by atoms with Gasteiger partial charge in [-0.1, -0.05) is 24.3 Å². The summed E-state index contributed by atoms with van der Waals surface area (Å²) in [6.07, 6.45) is 1.33. The molecule has 0 atom stereocenters. The molecule has 6 heteroatoms. The predicted octanol–water partition coefficient (Wildman–Crippen LogP) is 2.91. The number of Topliss-reactive ketones (excluding diaryl/α,β-unsaturated/α-hetero) is 1. The molecule has 1 heterocycles. The molecule has 1 aromatic rings. The molecule has 0 aromatic heterocycles. The van der Waals surface area contributed by atoms with Crippen molar-refractivity contribution in [2.75, 3.05) is 13.4 Å². The molecule has 0 radical (unpaired) electrons. The second-order valence-corrected chi connectivity index (χ2v) is 6.45. The van der Waals surface area contributed by atoms with Gasteiger partial charge in [0, 0.05) is 19.4 Å². The molecule has 1 N–H and O–H groups in total. The average molecular weight is 345 g/mol. The number of ketones is 1. The zero-order valence-corrected chi connectivity index (χ0v) is 14.6. The van der Waals surface area contributed by atoms with E-state index in [9.17, 15) is 14.7 Å².